The maximum absolute atomic E-state index is 12.0. The van der Waals surface area contributed by atoms with Gasteiger partial charge in [-0.05, 0) is 32.9 Å². The number of nitrogens with zero attached hydrogens (tertiary/aromatic N) is 2. The van der Waals surface area contributed by atoms with Crippen molar-refractivity contribution in [2.45, 2.75) is 20.8 Å². The molecule has 0 aromatic heterocycles. The minimum atomic E-state index is -0.483. The van der Waals surface area contributed by atoms with Gasteiger partial charge >= 0.3 is 5.97 Å². The van der Waals surface area contributed by atoms with Gasteiger partial charge in [-0.3, -0.25) is 0 Å². The molecule has 2 aromatic rings. The second-order valence-electron chi connectivity index (χ2n) is 7.16. The standard InChI is InChI=1S/C19H23ClN2O2/c1-19(2,3)18(23)24-22-12-10-21(11-13-22)17-9-5-6-14-15(17)7-4-8-16(14)20/h4-9H,10-13H2,1-3H3. The Hall–Kier alpha value is -1.78. The molecule has 1 fully saturated rings. The van der Waals surface area contributed by atoms with Crippen LogP contribution in [-0.4, -0.2) is 37.2 Å². The van der Waals surface area contributed by atoms with Crippen molar-refractivity contribution in [2.24, 2.45) is 5.41 Å². The monoisotopic (exact) mass is 346 g/mol. The summed E-state index contributed by atoms with van der Waals surface area (Å²) in [6.07, 6.45) is 0. The molecule has 0 atom stereocenters. The van der Waals surface area contributed by atoms with Gasteiger partial charge in [0, 0.05) is 34.6 Å². The van der Waals surface area contributed by atoms with Crippen LogP contribution in [0.4, 0.5) is 5.69 Å². The van der Waals surface area contributed by atoms with E-state index in [1.54, 1.807) is 5.06 Å². The summed E-state index contributed by atoms with van der Waals surface area (Å²) < 4.78 is 0. The van der Waals surface area contributed by atoms with E-state index in [-0.39, 0.29) is 5.97 Å². The number of benzene rings is 2. The summed E-state index contributed by atoms with van der Waals surface area (Å²) in [6, 6.07) is 12.2. The maximum Gasteiger partial charge on any atom is 0.330 e. The molecule has 2 aromatic carbocycles. The maximum atomic E-state index is 12.0. The highest BCUT2D eigenvalue weighted by Crippen LogP contribution is 2.31. The molecule has 1 heterocycles. The van der Waals surface area contributed by atoms with E-state index in [2.05, 4.69) is 17.0 Å². The van der Waals surface area contributed by atoms with Gasteiger partial charge in [-0.25, -0.2) is 4.79 Å². The molecular weight excluding hydrogens is 324 g/mol. The Kier molecular flexibility index (Phi) is 4.70. The third-order valence-electron chi connectivity index (χ3n) is 4.25. The van der Waals surface area contributed by atoms with Crippen molar-refractivity contribution in [3.8, 4) is 0 Å². The molecule has 0 N–H and O–H groups in total. The van der Waals surface area contributed by atoms with Crippen LogP contribution in [0.3, 0.4) is 0 Å². The molecule has 0 bridgehead atoms. The van der Waals surface area contributed by atoms with Gasteiger partial charge in [0.2, 0.25) is 0 Å². The zero-order valence-electron chi connectivity index (χ0n) is 14.4. The summed E-state index contributed by atoms with van der Waals surface area (Å²) in [5.74, 6) is -0.187. The Balaban J connectivity index is 1.72. The van der Waals surface area contributed by atoms with Crippen molar-refractivity contribution in [1.29, 1.82) is 0 Å². The normalized spacial score (nSPS) is 16.4. The molecule has 24 heavy (non-hydrogen) atoms. The zero-order chi connectivity index (χ0) is 17.3. The number of carbonyl (C=O) groups is 1. The van der Waals surface area contributed by atoms with Crippen LogP contribution < -0.4 is 4.90 Å². The van der Waals surface area contributed by atoms with Gasteiger partial charge in [-0.1, -0.05) is 35.9 Å². The summed E-state index contributed by atoms with van der Waals surface area (Å²) in [7, 11) is 0. The lowest BCUT2D eigenvalue weighted by Crippen LogP contribution is -2.48. The SMILES string of the molecule is CC(C)(C)C(=O)ON1CCN(c2cccc3c(Cl)cccc23)CC1. The van der Waals surface area contributed by atoms with E-state index in [1.165, 1.54) is 5.69 Å². The topological polar surface area (TPSA) is 32.8 Å². The fraction of sp³-hybridized carbons (Fsp3) is 0.421. The van der Waals surface area contributed by atoms with Crippen LogP contribution in [0.2, 0.25) is 5.02 Å². The van der Waals surface area contributed by atoms with Crippen molar-refractivity contribution in [2.75, 3.05) is 31.1 Å². The first kappa shape index (κ1) is 17.1. The van der Waals surface area contributed by atoms with E-state index < -0.39 is 5.41 Å². The number of anilines is 1. The molecule has 0 unspecified atom stereocenters. The quantitative estimate of drug-likeness (QED) is 0.819. The van der Waals surface area contributed by atoms with Gasteiger partial charge in [0.15, 0.2) is 0 Å². The molecule has 1 saturated heterocycles. The van der Waals surface area contributed by atoms with Gasteiger partial charge in [0.05, 0.1) is 18.5 Å². The summed E-state index contributed by atoms with van der Waals surface area (Å²) in [5.41, 5.74) is 0.695. The summed E-state index contributed by atoms with van der Waals surface area (Å²) in [6.45, 7) is 8.60. The molecule has 5 heteroatoms. The van der Waals surface area contributed by atoms with Crippen molar-refractivity contribution in [3.05, 3.63) is 41.4 Å². The first-order valence-corrected chi connectivity index (χ1v) is 8.63. The average molecular weight is 347 g/mol. The summed E-state index contributed by atoms with van der Waals surface area (Å²) in [4.78, 5) is 19.8. The second-order valence-corrected chi connectivity index (χ2v) is 7.56. The first-order valence-electron chi connectivity index (χ1n) is 8.26. The Morgan fingerprint density at radius 3 is 2.29 bits per heavy atom. The Bertz CT molecular complexity index is 747. The van der Waals surface area contributed by atoms with Crippen LogP contribution in [0.25, 0.3) is 10.8 Å². The minimum Gasteiger partial charge on any atom is -0.368 e. The van der Waals surface area contributed by atoms with Gasteiger partial charge in [0.25, 0.3) is 0 Å². The van der Waals surface area contributed by atoms with Crippen LogP contribution >= 0.6 is 11.6 Å². The number of hydroxylamine groups is 2. The van der Waals surface area contributed by atoms with Gasteiger partial charge < -0.3 is 9.74 Å². The largest absolute Gasteiger partial charge is 0.368 e. The molecule has 0 amide bonds. The molecule has 128 valence electrons. The molecule has 0 radical (unpaired) electrons. The van der Waals surface area contributed by atoms with E-state index >= 15 is 0 Å². The first-order chi connectivity index (χ1) is 11.4. The predicted octanol–water partition coefficient (Wildman–Crippen LogP) is 4.12. The van der Waals surface area contributed by atoms with Crippen LogP contribution in [0.5, 0.6) is 0 Å². The van der Waals surface area contributed by atoms with Crippen LogP contribution in [0.15, 0.2) is 36.4 Å². The molecule has 0 spiro atoms. The summed E-state index contributed by atoms with van der Waals surface area (Å²) >= 11 is 6.31. The molecular formula is C19H23ClN2O2. The third-order valence-corrected chi connectivity index (χ3v) is 4.58. The van der Waals surface area contributed by atoms with Gasteiger partial charge in [-0.2, -0.15) is 0 Å². The molecule has 3 rings (SSSR count). The van der Waals surface area contributed by atoms with E-state index in [0.29, 0.717) is 13.1 Å². The molecule has 1 aliphatic heterocycles. The zero-order valence-corrected chi connectivity index (χ0v) is 15.1. The Labute approximate surface area is 147 Å². The van der Waals surface area contributed by atoms with Crippen molar-refractivity contribution < 1.29 is 9.63 Å². The molecule has 0 aliphatic carbocycles. The molecule has 1 aliphatic rings. The third kappa shape index (κ3) is 3.50. The van der Waals surface area contributed by atoms with E-state index in [1.807, 2.05) is 45.0 Å². The highest BCUT2D eigenvalue weighted by atomic mass is 35.5. The fourth-order valence-corrected chi connectivity index (χ4v) is 3.04. The highest BCUT2D eigenvalue weighted by Gasteiger charge is 2.28. The number of hydrogen-bond acceptors (Lipinski definition) is 4. The van der Waals surface area contributed by atoms with Crippen molar-refractivity contribution >= 4 is 34.0 Å². The Morgan fingerprint density at radius 2 is 1.62 bits per heavy atom. The Morgan fingerprint density at radius 1 is 1.00 bits per heavy atom. The van der Waals surface area contributed by atoms with Gasteiger partial charge in [-0.15, -0.1) is 5.06 Å². The predicted molar refractivity (Wildman–Crippen MR) is 98.3 cm³/mol. The fourth-order valence-electron chi connectivity index (χ4n) is 2.81. The van der Waals surface area contributed by atoms with E-state index in [4.69, 9.17) is 16.4 Å². The van der Waals surface area contributed by atoms with Crippen molar-refractivity contribution in [3.63, 3.8) is 0 Å². The van der Waals surface area contributed by atoms with Crippen LogP contribution in [0, 0.1) is 5.41 Å². The van der Waals surface area contributed by atoms with Crippen molar-refractivity contribution in [1.82, 2.24) is 5.06 Å². The lowest BCUT2D eigenvalue weighted by Gasteiger charge is -2.36. The number of rotatable bonds is 2. The molecule has 0 saturated carbocycles. The average Bonchev–Trinajstić information content (AvgIpc) is 2.55. The van der Waals surface area contributed by atoms with Gasteiger partial charge in [0.1, 0.15) is 0 Å². The lowest BCUT2D eigenvalue weighted by atomic mass is 9.98. The number of carbonyl (C=O) groups excluding carboxylic acids is 1. The number of hydrogen-bond donors (Lipinski definition) is 0. The number of piperazine rings is 1. The number of fused-ring (bicyclic) bond motifs is 1. The highest BCUT2D eigenvalue weighted by molar-refractivity contribution is 6.35. The number of halogens is 1. The lowest BCUT2D eigenvalue weighted by molar-refractivity contribution is -0.201. The minimum absolute atomic E-state index is 0.187. The van der Waals surface area contributed by atoms with Crippen LogP contribution in [-0.2, 0) is 9.63 Å². The van der Waals surface area contributed by atoms with Crippen LogP contribution in [0.1, 0.15) is 20.8 Å². The molecule has 4 nitrogen and oxygen atoms in total. The van der Waals surface area contributed by atoms with E-state index in [9.17, 15) is 4.79 Å². The second kappa shape index (κ2) is 6.61. The smallest absolute Gasteiger partial charge is 0.330 e. The summed E-state index contributed by atoms with van der Waals surface area (Å²) in [5, 5.41) is 4.76. The van der Waals surface area contributed by atoms with E-state index in [0.717, 1.165) is 28.9 Å².